The van der Waals surface area contributed by atoms with Gasteiger partial charge in [-0.25, -0.2) is 0 Å². The summed E-state index contributed by atoms with van der Waals surface area (Å²) in [6, 6.07) is 1.84. The van der Waals surface area contributed by atoms with Gasteiger partial charge < -0.3 is 4.74 Å². The first-order valence-electron chi connectivity index (χ1n) is 2.42. The van der Waals surface area contributed by atoms with Crippen molar-refractivity contribution in [3.8, 4) is 11.8 Å². The summed E-state index contributed by atoms with van der Waals surface area (Å²) in [5.41, 5.74) is 0. The van der Waals surface area contributed by atoms with Crippen molar-refractivity contribution in [1.29, 1.82) is 5.26 Å². The van der Waals surface area contributed by atoms with Crippen LogP contribution in [0.15, 0.2) is 12.4 Å². The molecule has 0 fully saturated rings. The van der Waals surface area contributed by atoms with Gasteiger partial charge >= 0.3 is 0 Å². The van der Waals surface area contributed by atoms with Crippen molar-refractivity contribution >= 4 is 0 Å². The van der Waals surface area contributed by atoms with Crippen LogP contribution >= 0.6 is 0 Å². The number of rotatable bonds is 2. The molecule has 0 aliphatic carbocycles. The third-order valence-electron chi connectivity index (χ3n) is 0.777. The molecule has 1 aromatic rings. The monoisotopic (exact) mass is 123 g/mol. The summed E-state index contributed by atoms with van der Waals surface area (Å²) in [5, 5.41) is 14.2. The van der Waals surface area contributed by atoms with Crippen molar-refractivity contribution in [2.45, 2.75) is 0 Å². The number of H-pyrrole nitrogens is 1. The molecule has 0 aliphatic heterocycles. The molecule has 1 rings (SSSR count). The highest BCUT2D eigenvalue weighted by Crippen LogP contribution is 2.02. The second kappa shape index (κ2) is 2.72. The fraction of sp³-hybridized carbons (Fsp3) is 0.200. The molecule has 4 nitrogen and oxygen atoms in total. The Morgan fingerprint density at radius 1 is 1.89 bits per heavy atom. The highest BCUT2D eigenvalue weighted by atomic mass is 16.5. The Morgan fingerprint density at radius 2 is 2.78 bits per heavy atom. The van der Waals surface area contributed by atoms with Gasteiger partial charge in [-0.05, 0) is 0 Å². The largest absolute Gasteiger partial charge is 0.475 e. The molecule has 0 radical (unpaired) electrons. The molecule has 0 atom stereocenters. The summed E-state index contributed by atoms with van der Waals surface area (Å²) < 4.78 is 4.84. The predicted molar refractivity (Wildman–Crippen MR) is 29.7 cm³/mol. The van der Waals surface area contributed by atoms with Gasteiger partial charge in [0.15, 0.2) is 12.4 Å². The average molecular weight is 123 g/mol. The van der Waals surface area contributed by atoms with Crippen LogP contribution in [0.4, 0.5) is 0 Å². The molecule has 0 amide bonds. The van der Waals surface area contributed by atoms with Crippen molar-refractivity contribution in [3.63, 3.8) is 0 Å². The van der Waals surface area contributed by atoms with E-state index < -0.39 is 0 Å². The first-order chi connectivity index (χ1) is 4.43. The maximum absolute atomic E-state index is 8.06. The minimum Gasteiger partial charge on any atom is -0.475 e. The number of aromatic nitrogens is 2. The van der Waals surface area contributed by atoms with Crippen molar-refractivity contribution in [3.05, 3.63) is 12.4 Å². The minimum absolute atomic E-state index is 0.0690. The van der Waals surface area contributed by atoms with E-state index >= 15 is 0 Å². The van der Waals surface area contributed by atoms with Crippen LogP contribution in [0.2, 0.25) is 0 Å². The van der Waals surface area contributed by atoms with E-state index in [-0.39, 0.29) is 6.61 Å². The van der Waals surface area contributed by atoms with E-state index in [4.69, 9.17) is 10.00 Å². The molecule has 0 saturated carbocycles. The van der Waals surface area contributed by atoms with Gasteiger partial charge in [0.05, 0.1) is 12.4 Å². The van der Waals surface area contributed by atoms with E-state index in [2.05, 4.69) is 10.2 Å². The van der Waals surface area contributed by atoms with E-state index in [0.29, 0.717) is 5.75 Å². The van der Waals surface area contributed by atoms with E-state index in [0.717, 1.165) is 0 Å². The Bertz CT molecular complexity index is 198. The standard InChI is InChI=1S/C5H5N3O/c6-1-2-9-5-3-7-8-4-5/h3-4H,2H2,(H,7,8). The fourth-order valence-corrected chi connectivity index (χ4v) is 0.434. The number of hydrogen-bond donors (Lipinski definition) is 1. The lowest BCUT2D eigenvalue weighted by atomic mass is 10.6. The first kappa shape index (κ1) is 5.63. The van der Waals surface area contributed by atoms with Gasteiger partial charge in [0.25, 0.3) is 0 Å². The number of ether oxygens (including phenoxy) is 1. The number of nitriles is 1. The molecule has 0 saturated heterocycles. The third kappa shape index (κ3) is 1.46. The molecule has 1 N–H and O–H groups in total. The summed E-state index contributed by atoms with van der Waals surface area (Å²) in [6.45, 7) is 0.0690. The van der Waals surface area contributed by atoms with Crippen molar-refractivity contribution in [2.75, 3.05) is 6.61 Å². The maximum Gasteiger partial charge on any atom is 0.174 e. The number of aromatic amines is 1. The summed E-state index contributed by atoms with van der Waals surface area (Å²) >= 11 is 0. The maximum atomic E-state index is 8.06. The van der Waals surface area contributed by atoms with Crippen LogP contribution in [0.3, 0.4) is 0 Å². The van der Waals surface area contributed by atoms with Gasteiger partial charge in [0.1, 0.15) is 6.07 Å². The lowest BCUT2D eigenvalue weighted by Crippen LogP contribution is -1.90. The van der Waals surface area contributed by atoms with Gasteiger partial charge in [0.2, 0.25) is 0 Å². The summed E-state index contributed by atoms with van der Waals surface area (Å²) in [6.07, 6.45) is 3.09. The highest BCUT2D eigenvalue weighted by molar-refractivity contribution is 5.10. The quantitative estimate of drug-likeness (QED) is 0.615. The number of hydrogen-bond acceptors (Lipinski definition) is 3. The summed E-state index contributed by atoms with van der Waals surface area (Å²) in [5.74, 6) is 0.594. The van der Waals surface area contributed by atoms with E-state index in [1.807, 2.05) is 6.07 Å². The minimum atomic E-state index is 0.0690. The molecular weight excluding hydrogens is 118 g/mol. The topological polar surface area (TPSA) is 61.7 Å². The molecule has 0 aromatic carbocycles. The van der Waals surface area contributed by atoms with E-state index in [1.165, 1.54) is 6.20 Å². The Balaban J connectivity index is 2.41. The second-order valence-electron chi connectivity index (χ2n) is 1.38. The molecule has 46 valence electrons. The lowest BCUT2D eigenvalue weighted by Gasteiger charge is -1.91. The van der Waals surface area contributed by atoms with Gasteiger partial charge in [0, 0.05) is 0 Å². The zero-order valence-electron chi connectivity index (χ0n) is 4.66. The molecular formula is C5H5N3O. The van der Waals surface area contributed by atoms with Crippen LogP contribution in [0.5, 0.6) is 5.75 Å². The highest BCUT2D eigenvalue weighted by Gasteiger charge is 1.89. The fourth-order valence-electron chi connectivity index (χ4n) is 0.434. The number of nitrogens with zero attached hydrogens (tertiary/aromatic N) is 2. The normalized spacial score (nSPS) is 8.33. The lowest BCUT2D eigenvalue weighted by molar-refractivity contribution is 0.368. The van der Waals surface area contributed by atoms with Crippen LogP contribution in [0.1, 0.15) is 0 Å². The molecule has 0 aliphatic rings. The van der Waals surface area contributed by atoms with Crippen LogP contribution in [0, 0.1) is 11.3 Å². The first-order valence-corrected chi connectivity index (χ1v) is 2.42. The second-order valence-corrected chi connectivity index (χ2v) is 1.38. The Hall–Kier alpha value is -1.50. The SMILES string of the molecule is N#CCOc1cn[nH]c1. The van der Waals surface area contributed by atoms with Crippen molar-refractivity contribution < 1.29 is 4.74 Å². The zero-order valence-corrected chi connectivity index (χ0v) is 4.66. The number of nitrogens with one attached hydrogen (secondary N) is 1. The molecule has 0 bridgehead atoms. The van der Waals surface area contributed by atoms with Crippen molar-refractivity contribution in [2.24, 2.45) is 0 Å². The third-order valence-corrected chi connectivity index (χ3v) is 0.777. The zero-order chi connectivity index (χ0) is 6.53. The molecule has 0 unspecified atom stereocenters. The molecule has 0 spiro atoms. The van der Waals surface area contributed by atoms with Gasteiger partial charge in [-0.3, -0.25) is 5.10 Å². The van der Waals surface area contributed by atoms with Gasteiger partial charge in [-0.2, -0.15) is 10.4 Å². The van der Waals surface area contributed by atoms with Crippen LogP contribution in [-0.4, -0.2) is 16.8 Å². The van der Waals surface area contributed by atoms with Gasteiger partial charge in [-0.1, -0.05) is 0 Å². The smallest absolute Gasteiger partial charge is 0.174 e. The summed E-state index contributed by atoms with van der Waals surface area (Å²) in [4.78, 5) is 0. The van der Waals surface area contributed by atoms with E-state index in [1.54, 1.807) is 6.20 Å². The predicted octanol–water partition coefficient (Wildman–Crippen LogP) is 0.312. The molecule has 1 heterocycles. The molecule has 1 aromatic heterocycles. The van der Waals surface area contributed by atoms with Crippen LogP contribution in [0.25, 0.3) is 0 Å². The average Bonchev–Trinajstić information content (AvgIpc) is 2.34. The Labute approximate surface area is 52.1 Å². The molecule has 9 heavy (non-hydrogen) atoms. The van der Waals surface area contributed by atoms with Gasteiger partial charge in [-0.15, -0.1) is 0 Å². The van der Waals surface area contributed by atoms with E-state index in [9.17, 15) is 0 Å². The van der Waals surface area contributed by atoms with Crippen LogP contribution in [-0.2, 0) is 0 Å². The Kier molecular flexibility index (Phi) is 1.70. The molecule has 4 heteroatoms. The summed E-state index contributed by atoms with van der Waals surface area (Å²) in [7, 11) is 0. The van der Waals surface area contributed by atoms with Crippen LogP contribution < -0.4 is 4.74 Å². The van der Waals surface area contributed by atoms with Crippen molar-refractivity contribution in [1.82, 2.24) is 10.2 Å². The Morgan fingerprint density at radius 3 is 3.33 bits per heavy atom.